The lowest BCUT2D eigenvalue weighted by Crippen LogP contribution is -2.06. The Hall–Kier alpha value is -3.84. The van der Waals surface area contributed by atoms with Crippen LogP contribution in [0.15, 0.2) is 78.6 Å². The van der Waals surface area contributed by atoms with E-state index in [1.807, 2.05) is 83.7 Å². The molecule has 0 unspecified atom stereocenters. The molecule has 0 aliphatic rings. The molecule has 0 spiro atoms. The van der Waals surface area contributed by atoms with Gasteiger partial charge in [-0.3, -0.25) is 14.2 Å². The van der Waals surface area contributed by atoms with Crippen molar-refractivity contribution in [1.29, 1.82) is 0 Å². The molecule has 1 aromatic carbocycles. The van der Waals surface area contributed by atoms with Crippen LogP contribution in [0.25, 0.3) is 17.0 Å². The van der Waals surface area contributed by atoms with Crippen molar-refractivity contribution in [2.45, 2.75) is 13.3 Å². The van der Waals surface area contributed by atoms with Gasteiger partial charge in [0.15, 0.2) is 10.9 Å². The van der Waals surface area contributed by atoms with Gasteiger partial charge in [0.25, 0.3) is 0 Å². The van der Waals surface area contributed by atoms with E-state index in [9.17, 15) is 4.79 Å². The van der Waals surface area contributed by atoms with E-state index in [1.165, 1.54) is 11.3 Å². The zero-order chi connectivity index (χ0) is 21.2. The zero-order valence-corrected chi connectivity index (χ0v) is 17.6. The molecule has 0 fully saturated rings. The van der Waals surface area contributed by atoms with Crippen molar-refractivity contribution in [1.82, 2.24) is 19.4 Å². The molecule has 0 radical (unpaired) electrons. The normalized spacial score (nSPS) is 11.0. The van der Waals surface area contributed by atoms with E-state index in [0.717, 1.165) is 39.1 Å². The highest BCUT2D eigenvalue weighted by molar-refractivity contribution is 7.14. The molecule has 5 aromatic rings. The van der Waals surface area contributed by atoms with Gasteiger partial charge in [0.05, 0.1) is 11.9 Å². The molecular weight excluding hydrogens is 406 g/mol. The smallest absolute Gasteiger partial charge is 0.187 e. The predicted molar refractivity (Wildman–Crippen MR) is 123 cm³/mol. The molecule has 0 aliphatic carbocycles. The van der Waals surface area contributed by atoms with Gasteiger partial charge < -0.3 is 5.32 Å². The first-order valence-electron chi connectivity index (χ1n) is 9.86. The number of imidazole rings is 1. The molecule has 5 rings (SSSR count). The highest BCUT2D eigenvalue weighted by Crippen LogP contribution is 2.28. The molecule has 0 bridgehead atoms. The summed E-state index contributed by atoms with van der Waals surface area (Å²) >= 11 is 1.51. The van der Waals surface area contributed by atoms with Crippen molar-refractivity contribution < 1.29 is 4.79 Å². The number of hydrogen-bond donors (Lipinski definition) is 1. The molecule has 0 amide bonds. The fourth-order valence-corrected chi connectivity index (χ4v) is 4.17. The average Bonchev–Trinajstić information content (AvgIpc) is 3.42. The lowest BCUT2D eigenvalue weighted by molar-refractivity contribution is 0.0992. The van der Waals surface area contributed by atoms with Crippen LogP contribution in [-0.2, 0) is 6.42 Å². The Bertz CT molecular complexity index is 1390. The maximum atomic E-state index is 12.8. The number of fused-ring (bicyclic) bond motifs is 1. The first-order chi connectivity index (χ1) is 15.2. The standard InChI is InChI=1S/C24H19N5OS/c1-16-17(7-5-10-25-16)13-22(30)18-6-4-8-19(12-18)27-24-28-20(15-31-24)21-14-26-23-9-2-3-11-29(21)23/h2-12,14-15H,13H2,1H3,(H,27,28). The lowest BCUT2D eigenvalue weighted by atomic mass is 10.0. The van der Waals surface area contributed by atoms with E-state index in [1.54, 1.807) is 6.20 Å². The monoisotopic (exact) mass is 425 g/mol. The fourth-order valence-electron chi connectivity index (χ4n) is 3.44. The second kappa shape index (κ2) is 8.12. The summed E-state index contributed by atoms with van der Waals surface area (Å²) in [6.07, 6.45) is 5.87. The minimum atomic E-state index is 0.0605. The van der Waals surface area contributed by atoms with E-state index >= 15 is 0 Å². The number of rotatable bonds is 6. The highest BCUT2D eigenvalue weighted by Gasteiger charge is 2.12. The maximum absolute atomic E-state index is 12.8. The SMILES string of the molecule is Cc1ncccc1CC(=O)c1cccc(Nc2nc(-c3cnc4ccccn34)cs2)c1. The van der Waals surface area contributed by atoms with Gasteiger partial charge in [-0.05, 0) is 42.8 Å². The van der Waals surface area contributed by atoms with Crippen LogP contribution in [0.4, 0.5) is 10.8 Å². The quantitative estimate of drug-likeness (QED) is 0.372. The second-order valence-corrected chi connectivity index (χ2v) is 8.02. The predicted octanol–water partition coefficient (Wildman–Crippen LogP) is 5.33. The van der Waals surface area contributed by atoms with Crippen LogP contribution in [-0.4, -0.2) is 25.1 Å². The molecule has 7 heteroatoms. The van der Waals surface area contributed by atoms with Gasteiger partial charge in [-0.2, -0.15) is 0 Å². The summed E-state index contributed by atoms with van der Waals surface area (Å²) in [7, 11) is 0. The van der Waals surface area contributed by atoms with Gasteiger partial charge in [0.1, 0.15) is 11.3 Å². The molecule has 4 heterocycles. The van der Waals surface area contributed by atoms with E-state index in [4.69, 9.17) is 4.98 Å². The maximum Gasteiger partial charge on any atom is 0.187 e. The number of hydrogen-bond acceptors (Lipinski definition) is 6. The Morgan fingerprint density at radius 3 is 2.94 bits per heavy atom. The largest absolute Gasteiger partial charge is 0.332 e. The van der Waals surface area contributed by atoms with Crippen LogP contribution in [0.3, 0.4) is 0 Å². The number of thiazole rings is 1. The minimum Gasteiger partial charge on any atom is -0.332 e. The summed E-state index contributed by atoms with van der Waals surface area (Å²) < 4.78 is 2.01. The molecule has 1 N–H and O–H groups in total. The van der Waals surface area contributed by atoms with Crippen molar-refractivity contribution >= 4 is 33.6 Å². The summed E-state index contributed by atoms with van der Waals surface area (Å²) in [6, 6.07) is 17.2. The third-order valence-electron chi connectivity index (χ3n) is 5.09. The first-order valence-corrected chi connectivity index (χ1v) is 10.7. The molecule has 6 nitrogen and oxygen atoms in total. The number of pyridine rings is 2. The number of carbonyl (C=O) groups is 1. The zero-order valence-electron chi connectivity index (χ0n) is 16.8. The summed E-state index contributed by atoms with van der Waals surface area (Å²) in [6.45, 7) is 1.92. The van der Waals surface area contributed by atoms with E-state index in [2.05, 4.69) is 15.3 Å². The number of aromatic nitrogens is 4. The van der Waals surface area contributed by atoms with Crippen LogP contribution >= 0.6 is 11.3 Å². The molecule has 0 saturated carbocycles. The van der Waals surface area contributed by atoms with E-state index in [-0.39, 0.29) is 5.78 Å². The minimum absolute atomic E-state index is 0.0605. The number of nitrogens with zero attached hydrogens (tertiary/aromatic N) is 4. The number of aryl methyl sites for hydroxylation is 1. The van der Waals surface area contributed by atoms with Crippen molar-refractivity contribution in [3.05, 3.63) is 95.4 Å². The molecule has 31 heavy (non-hydrogen) atoms. The first kappa shape index (κ1) is 19.1. The molecule has 0 atom stereocenters. The fraction of sp³-hybridized carbons (Fsp3) is 0.0833. The van der Waals surface area contributed by atoms with Gasteiger partial charge in [-0.15, -0.1) is 11.3 Å². The third kappa shape index (κ3) is 3.95. The van der Waals surface area contributed by atoms with Crippen LogP contribution < -0.4 is 5.32 Å². The highest BCUT2D eigenvalue weighted by atomic mass is 32.1. The van der Waals surface area contributed by atoms with E-state index in [0.29, 0.717) is 12.0 Å². The summed E-state index contributed by atoms with van der Waals surface area (Å²) in [5, 5.41) is 6.07. The summed E-state index contributed by atoms with van der Waals surface area (Å²) in [4.78, 5) is 26.2. The Kier molecular flexibility index (Phi) is 5.01. The van der Waals surface area contributed by atoms with Crippen molar-refractivity contribution in [3.63, 3.8) is 0 Å². The summed E-state index contributed by atoms with van der Waals surface area (Å²) in [5.41, 5.74) is 5.99. The summed E-state index contributed by atoms with van der Waals surface area (Å²) in [5.74, 6) is 0.0605. The average molecular weight is 426 g/mol. The topological polar surface area (TPSA) is 72.2 Å². The number of carbonyl (C=O) groups excluding carboxylic acids is 1. The number of nitrogens with one attached hydrogen (secondary N) is 1. The molecule has 0 saturated heterocycles. The van der Waals surface area contributed by atoms with Crippen LogP contribution in [0, 0.1) is 6.92 Å². The van der Waals surface area contributed by atoms with Crippen LogP contribution in [0.2, 0.25) is 0 Å². The number of benzene rings is 1. The third-order valence-corrected chi connectivity index (χ3v) is 5.84. The Labute approximate surface area is 183 Å². The van der Waals surface area contributed by atoms with Gasteiger partial charge in [0.2, 0.25) is 0 Å². The van der Waals surface area contributed by atoms with Gasteiger partial charge in [-0.1, -0.05) is 24.3 Å². The Balaban J connectivity index is 1.34. The van der Waals surface area contributed by atoms with Crippen molar-refractivity contribution in [2.75, 3.05) is 5.32 Å². The lowest BCUT2D eigenvalue weighted by Gasteiger charge is -2.07. The van der Waals surface area contributed by atoms with Crippen LogP contribution in [0.5, 0.6) is 0 Å². The molecule has 4 aromatic heterocycles. The second-order valence-electron chi connectivity index (χ2n) is 7.16. The Morgan fingerprint density at radius 2 is 2.03 bits per heavy atom. The molecular formula is C24H19N5OS. The molecule has 152 valence electrons. The van der Waals surface area contributed by atoms with Gasteiger partial charge >= 0.3 is 0 Å². The molecule has 0 aliphatic heterocycles. The van der Waals surface area contributed by atoms with Crippen molar-refractivity contribution in [2.24, 2.45) is 0 Å². The van der Waals surface area contributed by atoms with Gasteiger partial charge in [0, 0.05) is 41.1 Å². The van der Waals surface area contributed by atoms with Crippen molar-refractivity contribution in [3.8, 4) is 11.4 Å². The Morgan fingerprint density at radius 1 is 1.10 bits per heavy atom. The number of ketones is 1. The van der Waals surface area contributed by atoms with E-state index < -0.39 is 0 Å². The van der Waals surface area contributed by atoms with Gasteiger partial charge in [-0.25, -0.2) is 9.97 Å². The number of Topliss-reactive ketones (excluding diaryl/α,β-unsaturated/α-hetero) is 1. The number of anilines is 2. The van der Waals surface area contributed by atoms with Crippen LogP contribution in [0.1, 0.15) is 21.6 Å².